The maximum absolute atomic E-state index is 7.97. The molecule has 0 aliphatic rings. The van der Waals surface area contributed by atoms with Crippen LogP contribution < -0.4 is 0 Å². The molecule has 0 heterocycles. The number of hydrogen-bond donors (Lipinski definition) is 2. The second-order valence-corrected chi connectivity index (χ2v) is 1.78. The predicted octanol–water partition coefficient (Wildman–Crippen LogP) is 1.48. The van der Waals surface area contributed by atoms with Crippen molar-refractivity contribution < 1.29 is 20.3 Å². The summed E-state index contributed by atoms with van der Waals surface area (Å²) in [5.41, 5.74) is 0. The molecule has 0 saturated carbocycles. The van der Waals surface area contributed by atoms with Crippen LogP contribution >= 0.6 is 0 Å². The van der Waals surface area contributed by atoms with Crippen LogP contribution in [0.4, 0.5) is 0 Å². The molecule has 0 saturated heterocycles. The Morgan fingerprint density at radius 1 is 1.33 bits per heavy atom. The Bertz CT molecular complexity index is 52.9. The van der Waals surface area contributed by atoms with Gasteiger partial charge in [-0.05, 0) is 6.42 Å². The minimum absolute atomic E-state index is 0.503. The van der Waals surface area contributed by atoms with Crippen LogP contribution in [0.15, 0.2) is 0 Å². The first-order valence-electron chi connectivity index (χ1n) is 2.95. The molecule has 0 bridgehead atoms. The third-order valence-corrected chi connectivity index (χ3v) is 1.03. The van der Waals surface area contributed by atoms with Gasteiger partial charge in [0.1, 0.15) is 0 Å². The Morgan fingerprint density at radius 3 is 2.22 bits per heavy atom. The van der Waals surface area contributed by atoms with Crippen molar-refractivity contribution in [2.24, 2.45) is 0 Å². The molecule has 0 spiro atoms. The van der Waals surface area contributed by atoms with Gasteiger partial charge < -0.3 is 0 Å². The zero-order chi connectivity index (χ0) is 7.11. The van der Waals surface area contributed by atoms with Gasteiger partial charge in [0.25, 0.3) is 0 Å². The second-order valence-electron chi connectivity index (χ2n) is 1.78. The lowest BCUT2D eigenvalue weighted by Gasteiger charge is -2.06. The van der Waals surface area contributed by atoms with Crippen LogP contribution in [0.1, 0.15) is 26.2 Å². The van der Waals surface area contributed by atoms with Gasteiger partial charge in [-0.3, -0.25) is 0 Å². The van der Waals surface area contributed by atoms with Gasteiger partial charge in [-0.15, -0.1) is 0 Å². The third-order valence-electron chi connectivity index (χ3n) is 1.03. The van der Waals surface area contributed by atoms with Crippen molar-refractivity contribution in [1.29, 1.82) is 0 Å². The molecule has 0 amide bonds. The molecule has 0 aromatic carbocycles. The van der Waals surface area contributed by atoms with Crippen LogP contribution in [0.2, 0.25) is 0 Å². The summed E-state index contributed by atoms with van der Waals surface area (Å²) in [6.45, 7) is 1.99. The normalized spacial score (nSPS) is 10.7. The molecule has 0 aromatic rings. The average Bonchev–Trinajstić information content (AvgIpc) is 1.91. The van der Waals surface area contributed by atoms with Crippen molar-refractivity contribution in [3.63, 3.8) is 0 Å². The lowest BCUT2D eigenvalue weighted by Crippen LogP contribution is -2.12. The molecule has 0 aliphatic carbocycles. The maximum Gasteiger partial charge on any atom is 0.223 e. The maximum atomic E-state index is 7.97. The highest BCUT2D eigenvalue weighted by atomic mass is 17.2. The van der Waals surface area contributed by atoms with E-state index in [1.807, 2.05) is 6.92 Å². The summed E-state index contributed by atoms with van der Waals surface area (Å²) in [5.74, 6) is 0. The topological polar surface area (TPSA) is 58.9 Å². The van der Waals surface area contributed by atoms with Crippen molar-refractivity contribution in [3.8, 4) is 0 Å². The highest BCUT2D eigenvalue weighted by molar-refractivity contribution is 4.39. The van der Waals surface area contributed by atoms with E-state index in [0.717, 1.165) is 12.8 Å². The Hall–Kier alpha value is -0.160. The molecule has 0 fully saturated rings. The van der Waals surface area contributed by atoms with Gasteiger partial charge in [0.2, 0.25) is 6.29 Å². The SMILES string of the molecule is CCCCC(OO)OO. The van der Waals surface area contributed by atoms with Gasteiger partial charge in [0, 0.05) is 6.42 Å². The molecular formula is C5H12O4. The third kappa shape index (κ3) is 4.35. The number of hydrogen-bond acceptors (Lipinski definition) is 4. The Kier molecular flexibility index (Phi) is 5.86. The molecule has 2 N–H and O–H groups in total. The molecule has 56 valence electrons. The van der Waals surface area contributed by atoms with Gasteiger partial charge in [0.15, 0.2) is 0 Å². The van der Waals surface area contributed by atoms with Crippen molar-refractivity contribution in [2.75, 3.05) is 0 Å². The fourth-order valence-electron chi connectivity index (χ4n) is 0.495. The van der Waals surface area contributed by atoms with E-state index in [0.29, 0.717) is 6.42 Å². The first kappa shape index (κ1) is 8.84. The Labute approximate surface area is 53.9 Å². The highest BCUT2D eigenvalue weighted by Gasteiger charge is 2.05. The van der Waals surface area contributed by atoms with E-state index in [9.17, 15) is 0 Å². The lowest BCUT2D eigenvalue weighted by molar-refractivity contribution is -0.432. The van der Waals surface area contributed by atoms with Gasteiger partial charge in [-0.25, -0.2) is 20.3 Å². The van der Waals surface area contributed by atoms with Crippen molar-refractivity contribution >= 4 is 0 Å². The summed E-state index contributed by atoms with van der Waals surface area (Å²) in [6, 6.07) is 0. The van der Waals surface area contributed by atoms with E-state index < -0.39 is 6.29 Å². The van der Waals surface area contributed by atoms with Crippen molar-refractivity contribution in [2.45, 2.75) is 32.5 Å². The first-order chi connectivity index (χ1) is 4.35. The average molecular weight is 136 g/mol. The molecule has 0 aliphatic heterocycles. The van der Waals surface area contributed by atoms with Crippen LogP contribution in [0.3, 0.4) is 0 Å². The molecule has 4 heteroatoms. The monoisotopic (exact) mass is 136 g/mol. The summed E-state index contributed by atoms with van der Waals surface area (Å²) in [4.78, 5) is 7.46. The molecule has 0 aromatic heterocycles. The van der Waals surface area contributed by atoms with E-state index in [1.54, 1.807) is 0 Å². The zero-order valence-corrected chi connectivity index (χ0v) is 5.41. The standard InChI is InChI=1S/C5H12O4/c1-2-3-4-5(8-6)9-7/h5-7H,2-4H2,1H3. The van der Waals surface area contributed by atoms with Crippen LogP contribution in [0.25, 0.3) is 0 Å². The highest BCUT2D eigenvalue weighted by Crippen LogP contribution is 2.02. The molecule has 9 heavy (non-hydrogen) atoms. The zero-order valence-electron chi connectivity index (χ0n) is 5.41. The number of unbranched alkanes of at least 4 members (excludes halogenated alkanes) is 1. The quantitative estimate of drug-likeness (QED) is 0.341. The van der Waals surface area contributed by atoms with E-state index >= 15 is 0 Å². The van der Waals surface area contributed by atoms with Crippen LogP contribution in [-0.4, -0.2) is 16.8 Å². The molecule has 0 rings (SSSR count). The molecule has 0 atom stereocenters. The molecular weight excluding hydrogens is 124 g/mol. The first-order valence-corrected chi connectivity index (χ1v) is 2.95. The van der Waals surface area contributed by atoms with Gasteiger partial charge in [-0.2, -0.15) is 0 Å². The summed E-state index contributed by atoms with van der Waals surface area (Å²) in [7, 11) is 0. The fraction of sp³-hybridized carbons (Fsp3) is 1.00. The van der Waals surface area contributed by atoms with Gasteiger partial charge in [0.05, 0.1) is 0 Å². The van der Waals surface area contributed by atoms with E-state index in [2.05, 4.69) is 9.78 Å². The van der Waals surface area contributed by atoms with Crippen molar-refractivity contribution in [3.05, 3.63) is 0 Å². The van der Waals surface area contributed by atoms with E-state index in [4.69, 9.17) is 10.5 Å². The summed E-state index contributed by atoms with van der Waals surface area (Å²) < 4.78 is 0. The minimum Gasteiger partial charge on any atom is -0.249 e. The smallest absolute Gasteiger partial charge is 0.223 e. The molecule has 0 radical (unpaired) electrons. The Morgan fingerprint density at radius 2 is 1.89 bits per heavy atom. The number of rotatable bonds is 5. The van der Waals surface area contributed by atoms with Crippen LogP contribution in [-0.2, 0) is 9.78 Å². The van der Waals surface area contributed by atoms with Crippen LogP contribution in [0, 0.1) is 0 Å². The van der Waals surface area contributed by atoms with Crippen LogP contribution in [0.5, 0.6) is 0 Å². The van der Waals surface area contributed by atoms with Crippen molar-refractivity contribution in [1.82, 2.24) is 0 Å². The minimum atomic E-state index is -0.884. The summed E-state index contributed by atoms with van der Waals surface area (Å²) >= 11 is 0. The molecule has 0 unspecified atom stereocenters. The predicted molar refractivity (Wildman–Crippen MR) is 30.7 cm³/mol. The van der Waals surface area contributed by atoms with E-state index in [-0.39, 0.29) is 0 Å². The second kappa shape index (κ2) is 5.97. The van der Waals surface area contributed by atoms with E-state index in [1.165, 1.54) is 0 Å². The molecule has 4 nitrogen and oxygen atoms in total. The fourth-order valence-corrected chi connectivity index (χ4v) is 0.495. The summed E-state index contributed by atoms with van der Waals surface area (Å²) in [6.07, 6.45) is 1.45. The Balaban J connectivity index is 3.09. The lowest BCUT2D eigenvalue weighted by atomic mass is 10.2. The van der Waals surface area contributed by atoms with Gasteiger partial charge >= 0.3 is 0 Å². The summed E-state index contributed by atoms with van der Waals surface area (Å²) in [5, 5.41) is 15.9. The largest absolute Gasteiger partial charge is 0.249 e. The van der Waals surface area contributed by atoms with Gasteiger partial charge in [-0.1, -0.05) is 13.3 Å².